The van der Waals surface area contributed by atoms with Crippen molar-refractivity contribution in [2.75, 3.05) is 0 Å². The fourth-order valence-corrected chi connectivity index (χ4v) is 2.34. The summed E-state index contributed by atoms with van der Waals surface area (Å²) in [5, 5.41) is 13.4. The topological polar surface area (TPSA) is 64.4 Å². The van der Waals surface area contributed by atoms with E-state index in [1.165, 1.54) is 6.07 Å². The molecule has 0 aliphatic rings. The summed E-state index contributed by atoms with van der Waals surface area (Å²) in [6, 6.07) is 3.34. The Bertz CT molecular complexity index is 685. The van der Waals surface area contributed by atoms with Gasteiger partial charge < -0.3 is 9.84 Å². The van der Waals surface area contributed by atoms with Crippen LogP contribution in [0.2, 0.25) is 0 Å². The van der Waals surface area contributed by atoms with Crippen LogP contribution < -0.4 is 4.74 Å². The first-order chi connectivity index (χ1) is 9.93. The number of rotatable bonds is 5. The molecule has 5 nitrogen and oxygen atoms in total. The highest BCUT2D eigenvalue weighted by molar-refractivity contribution is 9.10. The third-order valence-electron chi connectivity index (χ3n) is 2.99. The zero-order chi connectivity index (χ0) is 15.6. The number of carboxylic acids is 1. The van der Waals surface area contributed by atoms with E-state index in [0.717, 1.165) is 28.0 Å². The summed E-state index contributed by atoms with van der Waals surface area (Å²) in [4.78, 5) is 11.1. The quantitative estimate of drug-likeness (QED) is 0.891. The van der Waals surface area contributed by atoms with Crippen molar-refractivity contribution in [3.63, 3.8) is 0 Å². The number of hydrogen-bond donors (Lipinski definition) is 1. The third-order valence-corrected chi connectivity index (χ3v) is 4.02. The Balaban J connectivity index is 2.28. The number of aryl methyl sites for hydroxylation is 2. The van der Waals surface area contributed by atoms with Gasteiger partial charge in [-0.2, -0.15) is 5.10 Å². The molecule has 21 heavy (non-hydrogen) atoms. The van der Waals surface area contributed by atoms with Crippen LogP contribution in [0.3, 0.4) is 0 Å². The second kappa shape index (κ2) is 6.26. The molecule has 1 heterocycles. The Labute approximate surface area is 129 Å². The molecule has 0 unspecified atom stereocenters. The summed E-state index contributed by atoms with van der Waals surface area (Å²) in [7, 11) is 0. The van der Waals surface area contributed by atoms with Crippen LogP contribution in [0, 0.1) is 12.7 Å². The number of benzene rings is 1. The molecule has 0 aliphatic carbocycles. The largest absolute Gasteiger partial charge is 0.486 e. The van der Waals surface area contributed by atoms with Gasteiger partial charge in [-0.25, -0.2) is 9.18 Å². The van der Waals surface area contributed by atoms with Gasteiger partial charge in [0.25, 0.3) is 0 Å². The van der Waals surface area contributed by atoms with E-state index in [4.69, 9.17) is 9.84 Å². The SMILES string of the molecule is CCn1nc(C)c(Br)c1COc1cc(F)ccc1C(=O)O. The number of aromatic nitrogens is 2. The van der Waals surface area contributed by atoms with Gasteiger partial charge in [-0.05, 0) is 41.9 Å². The number of halogens is 2. The van der Waals surface area contributed by atoms with Gasteiger partial charge in [0.2, 0.25) is 0 Å². The number of ether oxygens (including phenoxy) is 1. The lowest BCUT2D eigenvalue weighted by atomic mass is 10.2. The molecular formula is C14H14BrFN2O3. The van der Waals surface area contributed by atoms with Crippen LogP contribution in [0.5, 0.6) is 5.75 Å². The van der Waals surface area contributed by atoms with E-state index in [2.05, 4.69) is 21.0 Å². The number of aromatic carboxylic acids is 1. The number of carboxylic acid groups (broad SMARTS) is 1. The average molecular weight is 357 g/mol. The monoisotopic (exact) mass is 356 g/mol. The van der Waals surface area contributed by atoms with Gasteiger partial charge in [-0.15, -0.1) is 0 Å². The maximum Gasteiger partial charge on any atom is 0.339 e. The van der Waals surface area contributed by atoms with Crippen LogP contribution >= 0.6 is 15.9 Å². The molecular weight excluding hydrogens is 343 g/mol. The molecule has 0 saturated carbocycles. The van der Waals surface area contributed by atoms with Crippen molar-refractivity contribution in [1.82, 2.24) is 9.78 Å². The van der Waals surface area contributed by atoms with Crippen molar-refractivity contribution in [3.8, 4) is 5.75 Å². The van der Waals surface area contributed by atoms with Gasteiger partial charge in [0.05, 0.1) is 15.9 Å². The maximum atomic E-state index is 13.3. The molecule has 0 bridgehead atoms. The Kier molecular flexibility index (Phi) is 4.62. The molecule has 112 valence electrons. The highest BCUT2D eigenvalue weighted by atomic mass is 79.9. The van der Waals surface area contributed by atoms with Crippen molar-refractivity contribution in [1.29, 1.82) is 0 Å². The van der Waals surface area contributed by atoms with Gasteiger partial charge in [-0.1, -0.05) is 0 Å². The summed E-state index contributed by atoms with van der Waals surface area (Å²) >= 11 is 3.42. The molecule has 0 spiro atoms. The highest BCUT2D eigenvalue weighted by Crippen LogP contribution is 2.25. The maximum absolute atomic E-state index is 13.3. The fraction of sp³-hybridized carbons (Fsp3) is 0.286. The summed E-state index contributed by atoms with van der Waals surface area (Å²) < 4.78 is 21.3. The molecule has 7 heteroatoms. The van der Waals surface area contributed by atoms with Crippen LogP contribution in [-0.2, 0) is 13.2 Å². The minimum Gasteiger partial charge on any atom is -0.486 e. The smallest absolute Gasteiger partial charge is 0.339 e. The third kappa shape index (κ3) is 3.24. The van der Waals surface area contributed by atoms with Gasteiger partial charge in [0.15, 0.2) is 0 Å². The number of nitrogens with zero attached hydrogens (tertiary/aromatic N) is 2. The van der Waals surface area contributed by atoms with E-state index in [0.29, 0.717) is 6.54 Å². The molecule has 0 aliphatic heterocycles. The molecule has 0 saturated heterocycles. The van der Waals surface area contributed by atoms with Crippen molar-refractivity contribution >= 4 is 21.9 Å². The minimum absolute atomic E-state index is 0.00379. The zero-order valence-electron chi connectivity index (χ0n) is 11.6. The summed E-state index contributed by atoms with van der Waals surface area (Å²) in [6.45, 7) is 4.54. The molecule has 0 radical (unpaired) electrons. The summed E-state index contributed by atoms with van der Waals surface area (Å²) in [6.07, 6.45) is 0. The van der Waals surface area contributed by atoms with Gasteiger partial charge >= 0.3 is 5.97 Å². The van der Waals surface area contributed by atoms with E-state index >= 15 is 0 Å². The van der Waals surface area contributed by atoms with Gasteiger partial charge in [-0.3, -0.25) is 4.68 Å². The molecule has 0 atom stereocenters. The molecule has 1 aromatic carbocycles. The molecule has 1 aromatic heterocycles. The Morgan fingerprint density at radius 1 is 1.52 bits per heavy atom. The van der Waals surface area contributed by atoms with Crippen molar-refractivity contribution < 1.29 is 19.0 Å². The van der Waals surface area contributed by atoms with Crippen LogP contribution in [0.15, 0.2) is 22.7 Å². The van der Waals surface area contributed by atoms with E-state index in [1.807, 2.05) is 13.8 Å². The number of carbonyl (C=O) groups is 1. The van der Waals surface area contributed by atoms with E-state index in [1.54, 1.807) is 4.68 Å². The van der Waals surface area contributed by atoms with Gasteiger partial charge in [0, 0.05) is 12.6 Å². The Morgan fingerprint density at radius 3 is 2.86 bits per heavy atom. The second-order valence-corrected chi connectivity index (χ2v) is 5.19. The lowest BCUT2D eigenvalue weighted by Gasteiger charge is -2.10. The molecule has 0 fully saturated rings. The first kappa shape index (κ1) is 15.5. The Hall–Kier alpha value is -1.89. The first-order valence-corrected chi connectivity index (χ1v) is 7.10. The van der Waals surface area contributed by atoms with Crippen LogP contribution in [0.4, 0.5) is 4.39 Å². The molecule has 2 rings (SSSR count). The minimum atomic E-state index is -1.16. The second-order valence-electron chi connectivity index (χ2n) is 4.40. The van der Waals surface area contributed by atoms with Crippen molar-refractivity contribution in [2.24, 2.45) is 0 Å². The number of hydrogen-bond acceptors (Lipinski definition) is 3. The lowest BCUT2D eigenvalue weighted by molar-refractivity contribution is 0.0691. The van der Waals surface area contributed by atoms with Gasteiger partial charge in [0.1, 0.15) is 23.7 Å². The lowest BCUT2D eigenvalue weighted by Crippen LogP contribution is -2.09. The molecule has 1 N–H and O–H groups in total. The predicted octanol–water partition coefficient (Wildman–Crippen LogP) is 3.39. The van der Waals surface area contributed by atoms with Crippen molar-refractivity contribution in [2.45, 2.75) is 27.0 Å². The predicted molar refractivity (Wildman–Crippen MR) is 78.0 cm³/mol. The van der Waals surface area contributed by atoms with Crippen LogP contribution in [0.1, 0.15) is 28.7 Å². The highest BCUT2D eigenvalue weighted by Gasteiger charge is 2.16. The summed E-state index contributed by atoms with van der Waals surface area (Å²) in [5.74, 6) is -1.71. The molecule has 0 amide bonds. The fourth-order valence-electron chi connectivity index (χ4n) is 1.95. The van der Waals surface area contributed by atoms with Crippen LogP contribution in [-0.4, -0.2) is 20.9 Å². The normalized spacial score (nSPS) is 10.7. The first-order valence-electron chi connectivity index (χ1n) is 6.31. The summed E-state index contributed by atoms with van der Waals surface area (Å²) in [5.41, 5.74) is 1.51. The van der Waals surface area contributed by atoms with E-state index < -0.39 is 11.8 Å². The van der Waals surface area contributed by atoms with E-state index in [9.17, 15) is 9.18 Å². The standard InChI is InChI=1S/C14H14BrFN2O3/c1-3-18-11(13(15)8(2)17-18)7-21-12-6-9(16)4-5-10(12)14(19)20/h4-6H,3,7H2,1-2H3,(H,19,20). The van der Waals surface area contributed by atoms with Crippen molar-refractivity contribution in [3.05, 3.63) is 45.4 Å². The van der Waals surface area contributed by atoms with Crippen LogP contribution in [0.25, 0.3) is 0 Å². The average Bonchev–Trinajstić information content (AvgIpc) is 2.71. The van der Waals surface area contributed by atoms with E-state index in [-0.39, 0.29) is 17.9 Å². The molecule has 2 aromatic rings. The zero-order valence-corrected chi connectivity index (χ0v) is 13.1. The Morgan fingerprint density at radius 2 is 2.24 bits per heavy atom.